The quantitative estimate of drug-likeness (QED) is 0.366. The van der Waals surface area contributed by atoms with Crippen LogP contribution in [0.25, 0.3) is 12.2 Å². The van der Waals surface area contributed by atoms with Crippen LogP contribution in [0.15, 0.2) is 89.9 Å². The number of hydrogen-bond acceptors (Lipinski definition) is 5. The molecule has 0 amide bonds. The van der Waals surface area contributed by atoms with Crippen LogP contribution in [0.4, 0.5) is 5.82 Å². The standard InChI is InChI=1S/C28H24N4OS/c1-19-25-26(23-16-14-21(15-17-23)13-12-20-8-4-2-5-9-20)34-28(29)30-27(25)32(31-19)24(33)18-22-10-6-3-7-11-22/h2-17,26H,18H2,1H3,(H2,29,30)/b13-12+. The van der Waals surface area contributed by atoms with Crippen molar-refractivity contribution >= 4 is 40.8 Å². The summed E-state index contributed by atoms with van der Waals surface area (Å²) in [5.74, 6) is 0.409. The molecule has 0 spiro atoms. The molecule has 6 heteroatoms. The number of benzene rings is 3. The van der Waals surface area contributed by atoms with Crippen LogP contribution >= 0.6 is 11.8 Å². The van der Waals surface area contributed by atoms with Gasteiger partial charge in [0.15, 0.2) is 11.0 Å². The van der Waals surface area contributed by atoms with Gasteiger partial charge < -0.3 is 5.73 Å². The molecule has 1 aromatic heterocycles. The normalized spacial score (nSPS) is 15.2. The second kappa shape index (κ2) is 9.53. The Labute approximate surface area is 203 Å². The summed E-state index contributed by atoms with van der Waals surface area (Å²) in [6.07, 6.45) is 4.45. The molecule has 34 heavy (non-hydrogen) atoms. The Kier molecular flexibility index (Phi) is 6.14. The lowest BCUT2D eigenvalue weighted by molar-refractivity contribution is 0.0900. The molecule has 1 unspecified atom stereocenters. The number of hydrogen-bond donors (Lipinski definition) is 1. The predicted molar refractivity (Wildman–Crippen MR) is 140 cm³/mol. The maximum atomic E-state index is 13.1. The Hall–Kier alpha value is -3.90. The maximum Gasteiger partial charge on any atom is 0.253 e. The summed E-state index contributed by atoms with van der Waals surface area (Å²) in [4.78, 5) is 17.6. The fraction of sp³-hybridized carbons (Fsp3) is 0.107. The highest BCUT2D eigenvalue weighted by Gasteiger charge is 2.31. The van der Waals surface area contributed by atoms with Crippen LogP contribution in [0.3, 0.4) is 0 Å². The number of amidine groups is 1. The highest BCUT2D eigenvalue weighted by molar-refractivity contribution is 8.14. The van der Waals surface area contributed by atoms with Crippen LogP contribution in [0, 0.1) is 6.92 Å². The van der Waals surface area contributed by atoms with Crippen molar-refractivity contribution < 1.29 is 4.79 Å². The van der Waals surface area contributed by atoms with Gasteiger partial charge in [-0.15, -0.1) is 0 Å². The number of carbonyl (C=O) groups is 1. The summed E-state index contributed by atoms with van der Waals surface area (Å²) in [5.41, 5.74) is 12.2. The highest BCUT2D eigenvalue weighted by atomic mass is 32.2. The molecule has 0 saturated carbocycles. The van der Waals surface area contributed by atoms with Gasteiger partial charge in [0, 0.05) is 5.56 Å². The molecule has 5 nitrogen and oxygen atoms in total. The molecular formula is C28H24N4OS. The second-order valence-corrected chi connectivity index (χ2v) is 9.27. The van der Waals surface area contributed by atoms with Crippen LogP contribution in [0.2, 0.25) is 0 Å². The first kappa shape index (κ1) is 21.9. The zero-order valence-corrected chi connectivity index (χ0v) is 19.6. The van der Waals surface area contributed by atoms with Crippen LogP contribution in [-0.2, 0) is 6.42 Å². The molecule has 4 aromatic rings. The summed E-state index contributed by atoms with van der Waals surface area (Å²) >= 11 is 1.49. The van der Waals surface area contributed by atoms with Gasteiger partial charge in [0.1, 0.15) is 0 Å². The lowest BCUT2D eigenvalue weighted by atomic mass is 10.0. The first-order valence-electron chi connectivity index (χ1n) is 11.1. The summed E-state index contributed by atoms with van der Waals surface area (Å²) in [6.45, 7) is 1.92. The van der Waals surface area contributed by atoms with Crippen molar-refractivity contribution in [2.45, 2.75) is 18.6 Å². The number of nitrogens with two attached hydrogens (primary N) is 1. The van der Waals surface area contributed by atoms with E-state index in [0.717, 1.165) is 33.5 Å². The molecule has 3 aromatic carbocycles. The number of carbonyl (C=O) groups excluding carboxylic acids is 1. The third-order valence-corrected chi connectivity index (χ3v) is 6.82. The van der Waals surface area contributed by atoms with E-state index in [9.17, 15) is 4.79 Å². The van der Waals surface area contributed by atoms with Gasteiger partial charge in [0.25, 0.3) is 5.91 Å². The number of fused-ring (bicyclic) bond motifs is 1. The number of aromatic nitrogens is 2. The van der Waals surface area contributed by atoms with Crippen molar-refractivity contribution in [3.05, 3.63) is 118 Å². The third kappa shape index (κ3) is 4.58. The monoisotopic (exact) mass is 464 g/mol. The van der Waals surface area contributed by atoms with Crippen molar-refractivity contribution in [2.24, 2.45) is 10.7 Å². The van der Waals surface area contributed by atoms with Crippen molar-refractivity contribution in [3.63, 3.8) is 0 Å². The van der Waals surface area contributed by atoms with Gasteiger partial charge in [-0.3, -0.25) is 4.79 Å². The Bertz CT molecular complexity index is 1370. The number of aliphatic imine (C=N–C) groups is 1. The molecule has 1 aliphatic heterocycles. The van der Waals surface area contributed by atoms with E-state index < -0.39 is 0 Å². The van der Waals surface area contributed by atoms with E-state index in [1.54, 1.807) is 0 Å². The maximum absolute atomic E-state index is 13.1. The molecule has 0 fully saturated rings. The minimum absolute atomic E-state index is 0.0714. The Balaban J connectivity index is 1.42. The summed E-state index contributed by atoms with van der Waals surface area (Å²) < 4.78 is 1.41. The average molecular weight is 465 g/mol. The number of thioether (sulfide) groups is 1. The van der Waals surface area contributed by atoms with E-state index in [2.05, 4.69) is 58.6 Å². The minimum Gasteiger partial charge on any atom is -0.378 e. The van der Waals surface area contributed by atoms with Crippen molar-refractivity contribution in [1.82, 2.24) is 9.78 Å². The first-order chi connectivity index (χ1) is 16.6. The number of aryl methyl sites for hydroxylation is 1. The van der Waals surface area contributed by atoms with E-state index in [4.69, 9.17) is 5.73 Å². The van der Waals surface area contributed by atoms with Crippen molar-refractivity contribution in [2.75, 3.05) is 0 Å². The van der Waals surface area contributed by atoms with Crippen LogP contribution in [0.1, 0.15) is 43.6 Å². The Morgan fingerprint density at radius 3 is 2.24 bits per heavy atom. The molecule has 2 N–H and O–H groups in total. The molecule has 5 rings (SSSR count). The van der Waals surface area contributed by atoms with Gasteiger partial charge in [-0.1, -0.05) is 109 Å². The lowest BCUT2D eigenvalue weighted by Gasteiger charge is -2.21. The van der Waals surface area contributed by atoms with Gasteiger partial charge in [-0.25, -0.2) is 4.99 Å². The van der Waals surface area contributed by atoms with E-state index in [1.807, 2.05) is 55.5 Å². The zero-order chi connectivity index (χ0) is 23.5. The zero-order valence-electron chi connectivity index (χ0n) is 18.8. The summed E-state index contributed by atoms with van der Waals surface area (Å²) in [7, 11) is 0. The first-order valence-corrected chi connectivity index (χ1v) is 12.0. The third-order valence-electron chi connectivity index (χ3n) is 5.74. The Morgan fingerprint density at radius 2 is 1.56 bits per heavy atom. The van der Waals surface area contributed by atoms with E-state index in [1.165, 1.54) is 16.4 Å². The molecule has 1 aliphatic rings. The predicted octanol–water partition coefficient (Wildman–Crippen LogP) is 6.03. The molecule has 0 radical (unpaired) electrons. The highest BCUT2D eigenvalue weighted by Crippen LogP contribution is 2.46. The number of rotatable bonds is 5. The SMILES string of the molecule is Cc1nn(C(=O)Cc2ccccc2)c2c1C(c1ccc(/C=C/c3ccccc3)cc1)SC(N)=N2. The molecular weight excluding hydrogens is 440 g/mol. The lowest BCUT2D eigenvalue weighted by Crippen LogP contribution is -2.18. The molecule has 0 saturated heterocycles. The smallest absolute Gasteiger partial charge is 0.253 e. The fourth-order valence-electron chi connectivity index (χ4n) is 4.04. The molecule has 0 aliphatic carbocycles. The average Bonchev–Trinajstić information content (AvgIpc) is 3.20. The van der Waals surface area contributed by atoms with Crippen LogP contribution in [0.5, 0.6) is 0 Å². The summed E-state index contributed by atoms with van der Waals surface area (Å²) in [5, 5.41) is 4.92. The van der Waals surface area contributed by atoms with Gasteiger partial charge in [-0.2, -0.15) is 9.78 Å². The molecule has 1 atom stereocenters. The second-order valence-electron chi connectivity index (χ2n) is 8.15. The molecule has 0 bridgehead atoms. The molecule has 168 valence electrons. The largest absolute Gasteiger partial charge is 0.378 e. The number of nitrogens with zero attached hydrogens (tertiary/aromatic N) is 3. The van der Waals surface area contributed by atoms with Crippen LogP contribution in [-0.4, -0.2) is 20.9 Å². The minimum atomic E-state index is -0.126. The Morgan fingerprint density at radius 1 is 0.941 bits per heavy atom. The van der Waals surface area contributed by atoms with Crippen molar-refractivity contribution in [3.8, 4) is 0 Å². The summed E-state index contributed by atoms with van der Waals surface area (Å²) in [6, 6.07) is 28.3. The van der Waals surface area contributed by atoms with Gasteiger partial charge >= 0.3 is 0 Å². The van der Waals surface area contributed by atoms with E-state index in [0.29, 0.717) is 11.0 Å². The molecule has 2 heterocycles. The van der Waals surface area contributed by atoms with Crippen LogP contribution < -0.4 is 5.73 Å². The van der Waals surface area contributed by atoms with E-state index in [-0.39, 0.29) is 17.6 Å². The fourth-order valence-corrected chi connectivity index (χ4v) is 5.11. The van der Waals surface area contributed by atoms with Crippen molar-refractivity contribution in [1.29, 1.82) is 0 Å². The van der Waals surface area contributed by atoms with Gasteiger partial charge in [0.05, 0.1) is 17.4 Å². The van der Waals surface area contributed by atoms with Gasteiger partial charge in [-0.05, 0) is 29.2 Å². The van der Waals surface area contributed by atoms with E-state index >= 15 is 0 Å². The van der Waals surface area contributed by atoms with Gasteiger partial charge in [0.2, 0.25) is 0 Å². The topological polar surface area (TPSA) is 73.3 Å².